The van der Waals surface area contributed by atoms with E-state index in [9.17, 15) is 4.79 Å². The molecule has 0 fully saturated rings. The normalized spacial score (nSPS) is 10.6. The number of hydrogen-bond acceptors (Lipinski definition) is 5. The summed E-state index contributed by atoms with van der Waals surface area (Å²) in [7, 11) is 0. The smallest absolute Gasteiger partial charge is 0.234 e. The zero-order valence-corrected chi connectivity index (χ0v) is 19.1. The molecule has 0 saturated heterocycles. The third-order valence-corrected chi connectivity index (χ3v) is 5.79. The summed E-state index contributed by atoms with van der Waals surface area (Å²) in [4.78, 5) is 12.4. The maximum atomic E-state index is 12.4. The van der Waals surface area contributed by atoms with Crippen molar-refractivity contribution in [1.82, 2.24) is 14.8 Å². The van der Waals surface area contributed by atoms with Gasteiger partial charge in [0.05, 0.1) is 5.75 Å². The monoisotopic (exact) mass is 486 g/mol. The highest BCUT2D eigenvalue weighted by atomic mass is 79.9. The number of aromatic nitrogens is 3. The summed E-state index contributed by atoms with van der Waals surface area (Å²) in [6.45, 7) is 6.68. The molecular weight excluding hydrogens is 464 g/mol. The third kappa shape index (κ3) is 5.96. The van der Waals surface area contributed by atoms with E-state index in [0.717, 1.165) is 27.9 Å². The third-order valence-electron chi connectivity index (χ3n) is 4.29. The Labute approximate surface area is 188 Å². The second kappa shape index (κ2) is 11.0. The Hall–Kier alpha value is -2.58. The molecule has 1 N–H and O–H groups in total. The number of carbonyl (C=O) groups is 1. The van der Waals surface area contributed by atoms with Crippen LogP contribution in [0.5, 0.6) is 5.75 Å². The van der Waals surface area contributed by atoms with Gasteiger partial charge in [-0.05, 0) is 42.3 Å². The van der Waals surface area contributed by atoms with Gasteiger partial charge >= 0.3 is 0 Å². The maximum absolute atomic E-state index is 12.4. The summed E-state index contributed by atoms with van der Waals surface area (Å²) >= 11 is 4.75. The van der Waals surface area contributed by atoms with E-state index in [1.807, 2.05) is 53.1 Å². The van der Waals surface area contributed by atoms with Crippen LogP contribution in [0.2, 0.25) is 0 Å². The number of para-hydroxylation sites is 1. The van der Waals surface area contributed by atoms with E-state index < -0.39 is 0 Å². The van der Waals surface area contributed by atoms with Gasteiger partial charge in [0.25, 0.3) is 0 Å². The first-order valence-corrected chi connectivity index (χ1v) is 11.3. The van der Waals surface area contributed by atoms with E-state index in [2.05, 4.69) is 44.9 Å². The number of allylic oxidation sites excluding steroid dienone is 1. The molecular formula is C22H23BrN4O2S. The summed E-state index contributed by atoms with van der Waals surface area (Å²) in [6, 6.07) is 15.4. The van der Waals surface area contributed by atoms with E-state index in [4.69, 9.17) is 4.74 Å². The van der Waals surface area contributed by atoms with E-state index in [0.29, 0.717) is 17.5 Å². The fourth-order valence-electron chi connectivity index (χ4n) is 2.79. The number of nitrogens with zero attached hydrogens (tertiary/aromatic N) is 3. The fourth-order valence-corrected chi connectivity index (χ4v) is 3.82. The van der Waals surface area contributed by atoms with Crippen LogP contribution in [0.25, 0.3) is 0 Å². The van der Waals surface area contributed by atoms with Crippen LogP contribution >= 0.6 is 27.7 Å². The molecule has 0 unspecified atom stereocenters. The predicted molar refractivity (Wildman–Crippen MR) is 124 cm³/mol. The Bertz CT molecular complexity index is 1000. The number of thioether (sulfide) groups is 1. The zero-order chi connectivity index (χ0) is 21.3. The van der Waals surface area contributed by atoms with Crippen LogP contribution in [0.15, 0.2) is 70.8 Å². The summed E-state index contributed by atoms with van der Waals surface area (Å²) < 4.78 is 8.71. The van der Waals surface area contributed by atoms with Crippen molar-refractivity contribution < 1.29 is 9.53 Å². The molecule has 0 bridgehead atoms. The number of hydrogen-bond donors (Lipinski definition) is 1. The molecule has 156 valence electrons. The second-order valence-corrected chi connectivity index (χ2v) is 8.25. The molecule has 30 heavy (non-hydrogen) atoms. The highest BCUT2D eigenvalue weighted by Gasteiger charge is 2.14. The maximum Gasteiger partial charge on any atom is 0.234 e. The number of rotatable bonds is 10. The van der Waals surface area contributed by atoms with Gasteiger partial charge in [0, 0.05) is 16.7 Å². The Balaban J connectivity index is 1.62. The number of aryl methyl sites for hydroxylation is 1. The number of amides is 1. The van der Waals surface area contributed by atoms with Gasteiger partial charge in [0.1, 0.15) is 12.4 Å². The van der Waals surface area contributed by atoms with Crippen molar-refractivity contribution in [3.05, 3.63) is 77.0 Å². The molecule has 0 radical (unpaired) electrons. The van der Waals surface area contributed by atoms with Gasteiger partial charge in [-0.2, -0.15) is 0 Å². The summed E-state index contributed by atoms with van der Waals surface area (Å²) in [5.41, 5.74) is 1.96. The van der Waals surface area contributed by atoms with Gasteiger partial charge in [-0.3, -0.25) is 9.36 Å². The minimum Gasteiger partial charge on any atom is -0.486 e. The molecule has 2 aromatic carbocycles. The largest absolute Gasteiger partial charge is 0.486 e. The molecule has 6 nitrogen and oxygen atoms in total. The van der Waals surface area contributed by atoms with Crippen molar-refractivity contribution in [2.45, 2.75) is 31.7 Å². The van der Waals surface area contributed by atoms with Crippen molar-refractivity contribution in [2.24, 2.45) is 0 Å². The quantitative estimate of drug-likeness (QED) is 0.318. The average molecular weight is 487 g/mol. The van der Waals surface area contributed by atoms with E-state index in [1.165, 1.54) is 11.8 Å². The molecule has 1 aromatic heterocycles. The number of anilines is 1. The Morgan fingerprint density at radius 3 is 2.73 bits per heavy atom. The molecule has 0 aliphatic heterocycles. The number of nitrogens with one attached hydrogen (secondary N) is 1. The van der Waals surface area contributed by atoms with Crippen molar-refractivity contribution in [1.29, 1.82) is 0 Å². The van der Waals surface area contributed by atoms with Crippen molar-refractivity contribution in [2.75, 3.05) is 11.1 Å². The fraction of sp³-hybridized carbons (Fsp3) is 0.227. The lowest BCUT2D eigenvalue weighted by molar-refractivity contribution is -0.113. The van der Waals surface area contributed by atoms with Crippen LogP contribution < -0.4 is 10.1 Å². The van der Waals surface area contributed by atoms with Crippen molar-refractivity contribution in [3.8, 4) is 5.75 Å². The van der Waals surface area contributed by atoms with Crippen molar-refractivity contribution in [3.63, 3.8) is 0 Å². The molecule has 0 aliphatic rings. The topological polar surface area (TPSA) is 69.0 Å². The lowest BCUT2D eigenvalue weighted by Gasteiger charge is -2.10. The molecule has 1 heterocycles. The van der Waals surface area contributed by atoms with Crippen LogP contribution in [-0.2, 0) is 24.4 Å². The molecule has 0 aliphatic carbocycles. The number of halogens is 1. The summed E-state index contributed by atoms with van der Waals surface area (Å²) in [5, 5.41) is 12.1. The van der Waals surface area contributed by atoms with E-state index in [1.54, 1.807) is 6.08 Å². The van der Waals surface area contributed by atoms with Crippen LogP contribution in [0.3, 0.4) is 0 Å². The van der Waals surface area contributed by atoms with Crippen LogP contribution in [0.4, 0.5) is 5.69 Å². The van der Waals surface area contributed by atoms with Crippen molar-refractivity contribution >= 4 is 39.3 Å². The van der Waals surface area contributed by atoms with Gasteiger partial charge < -0.3 is 10.1 Å². The highest BCUT2D eigenvalue weighted by molar-refractivity contribution is 9.10. The lowest BCUT2D eigenvalue weighted by Crippen LogP contribution is -2.16. The van der Waals surface area contributed by atoms with Gasteiger partial charge in [-0.15, -0.1) is 16.8 Å². The second-order valence-electron chi connectivity index (χ2n) is 6.39. The standard InChI is InChI=1S/C22H23BrN4O2S/c1-3-13-27-20(14-29-18-11-9-17(23)10-12-18)25-26-22(27)30-15-21(28)24-19-8-6-5-7-16(19)4-2/h3,5-12H,1,4,13-15H2,2H3,(H,24,28). The molecule has 1 amide bonds. The molecule has 0 atom stereocenters. The summed E-state index contributed by atoms with van der Waals surface area (Å²) in [6.07, 6.45) is 2.63. The van der Waals surface area contributed by atoms with Gasteiger partial charge in [0.2, 0.25) is 5.91 Å². The van der Waals surface area contributed by atoms with Crippen LogP contribution in [0.1, 0.15) is 18.3 Å². The molecule has 0 saturated carbocycles. The minimum absolute atomic E-state index is 0.0817. The van der Waals surface area contributed by atoms with Gasteiger partial charge in [-0.1, -0.05) is 58.9 Å². The zero-order valence-electron chi connectivity index (χ0n) is 16.7. The Kier molecular flexibility index (Phi) is 8.10. The van der Waals surface area contributed by atoms with Crippen LogP contribution in [0, 0.1) is 0 Å². The minimum atomic E-state index is -0.0817. The Morgan fingerprint density at radius 1 is 1.23 bits per heavy atom. The molecule has 3 aromatic rings. The highest BCUT2D eigenvalue weighted by Crippen LogP contribution is 2.21. The SMILES string of the molecule is C=CCn1c(COc2ccc(Br)cc2)nnc1SCC(=O)Nc1ccccc1CC. The molecule has 3 rings (SSSR count). The summed E-state index contributed by atoms with van der Waals surface area (Å²) in [5.74, 6) is 1.58. The first-order valence-electron chi connectivity index (χ1n) is 9.52. The number of carbonyl (C=O) groups excluding carboxylic acids is 1. The molecule has 0 spiro atoms. The first-order chi connectivity index (χ1) is 14.6. The van der Waals surface area contributed by atoms with Gasteiger partial charge in [0.15, 0.2) is 11.0 Å². The average Bonchev–Trinajstić information content (AvgIpc) is 3.14. The van der Waals surface area contributed by atoms with E-state index in [-0.39, 0.29) is 18.3 Å². The first kappa shape index (κ1) is 22.1. The van der Waals surface area contributed by atoms with Crippen LogP contribution in [-0.4, -0.2) is 26.4 Å². The Morgan fingerprint density at radius 2 is 2.00 bits per heavy atom. The van der Waals surface area contributed by atoms with E-state index >= 15 is 0 Å². The number of benzene rings is 2. The predicted octanol–water partition coefficient (Wildman–Crippen LogP) is 5.10. The van der Waals surface area contributed by atoms with Gasteiger partial charge in [-0.25, -0.2) is 0 Å². The molecule has 8 heteroatoms. The lowest BCUT2D eigenvalue weighted by atomic mass is 10.1. The number of ether oxygens (including phenoxy) is 1.